The zero-order valence-electron chi connectivity index (χ0n) is 7.95. The Bertz CT molecular complexity index is 211. The summed E-state index contributed by atoms with van der Waals surface area (Å²) in [6, 6.07) is -0.240. The van der Waals surface area contributed by atoms with Crippen molar-refractivity contribution in [3.05, 3.63) is 0 Å². The molecule has 0 aromatic carbocycles. The fourth-order valence-corrected chi connectivity index (χ4v) is 1.10. The number of morpholine rings is 1. The lowest BCUT2D eigenvalue weighted by Gasteiger charge is -2.29. The van der Waals surface area contributed by atoms with Crippen molar-refractivity contribution < 1.29 is 14.3 Å². The second kappa shape index (κ2) is 4.23. The van der Waals surface area contributed by atoms with E-state index in [-0.39, 0.29) is 11.9 Å². The van der Waals surface area contributed by atoms with Crippen LogP contribution in [0.3, 0.4) is 0 Å². The molecule has 5 heteroatoms. The number of carbonyl (C=O) groups is 2. The molecule has 0 atom stereocenters. The highest BCUT2D eigenvalue weighted by molar-refractivity contribution is 5.92. The van der Waals surface area contributed by atoms with Gasteiger partial charge in [0.2, 0.25) is 5.91 Å². The molecule has 1 aliphatic rings. The maximum absolute atomic E-state index is 11.5. The third-order valence-electron chi connectivity index (χ3n) is 2.04. The van der Waals surface area contributed by atoms with Crippen LogP contribution in [0.15, 0.2) is 0 Å². The molecule has 1 fully saturated rings. The lowest BCUT2D eigenvalue weighted by Crippen LogP contribution is -2.48. The maximum atomic E-state index is 11.5. The molecule has 74 valence electrons. The van der Waals surface area contributed by atoms with E-state index in [9.17, 15) is 9.59 Å². The molecule has 1 rings (SSSR count). The van der Waals surface area contributed by atoms with Crippen molar-refractivity contribution in [2.75, 3.05) is 33.4 Å². The summed E-state index contributed by atoms with van der Waals surface area (Å²) in [7, 11) is 1.49. The second-order valence-electron chi connectivity index (χ2n) is 2.96. The van der Waals surface area contributed by atoms with E-state index < -0.39 is 0 Å². The second-order valence-corrected chi connectivity index (χ2v) is 2.96. The monoisotopic (exact) mass is 186 g/mol. The van der Waals surface area contributed by atoms with E-state index in [0.29, 0.717) is 26.3 Å². The number of carbonyl (C=O) groups excluding carboxylic acids is 2. The van der Waals surface area contributed by atoms with E-state index in [1.54, 1.807) is 4.90 Å². The SMILES string of the molecule is CC(=O)N(C)C(=O)N1CCOCC1. The molecule has 0 aromatic heterocycles. The Hall–Kier alpha value is -1.10. The Morgan fingerprint density at radius 3 is 2.31 bits per heavy atom. The van der Waals surface area contributed by atoms with Gasteiger partial charge < -0.3 is 9.64 Å². The number of hydrogen-bond acceptors (Lipinski definition) is 3. The van der Waals surface area contributed by atoms with Crippen LogP contribution in [0.4, 0.5) is 4.79 Å². The predicted octanol–water partition coefficient (Wildman–Crippen LogP) is -0.0831. The van der Waals surface area contributed by atoms with Crippen LogP contribution >= 0.6 is 0 Å². The first kappa shape index (κ1) is 9.98. The number of imide groups is 1. The molecule has 0 N–H and O–H groups in total. The average molecular weight is 186 g/mol. The van der Waals surface area contributed by atoms with Crippen molar-refractivity contribution in [1.82, 2.24) is 9.80 Å². The summed E-state index contributed by atoms with van der Waals surface area (Å²) in [5.41, 5.74) is 0. The van der Waals surface area contributed by atoms with E-state index in [1.807, 2.05) is 0 Å². The molecule has 1 heterocycles. The van der Waals surface area contributed by atoms with E-state index in [2.05, 4.69) is 0 Å². The molecule has 3 amide bonds. The van der Waals surface area contributed by atoms with Crippen molar-refractivity contribution in [1.29, 1.82) is 0 Å². The van der Waals surface area contributed by atoms with Crippen molar-refractivity contribution in [2.24, 2.45) is 0 Å². The van der Waals surface area contributed by atoms with Crippen LogP contribution in [0.5, 0.6) is 0 Å². The lowest BCUT2D eigenvalue weighted by molar-refractivity contribution is -0.125. The number of hydrogen-bond donors (Lipinski definition) is 0. The van der Waals surface area contributed by atoms with Crippen LogP contribution < -0.4 is 0 Å². The van der Waals surface area contributed by atoms with Gasteiger partial charge in [-0.1, -0.05) is 0 Å². The van der Waals surface area contributed by atoms with Crippen LogP contribution in [-0.4, -0.2) is 55.1 Å². The minimum atomic E-state index is -0.240. The Balaban J connectivity index is 2.50. The first-order valence-electron chi connectivity index (χ1n) is 4.24. The topological polar surface area (TPSA) is 49.9 Å². The molecule has 0 unspecified atom stereocenters. The highest BCUT2D eigenvalue weighted by Crippen LogP contribution is 2.01. The Morgan fingerprint density at radius 1 is 1.31 bits per heavy atom. The molecule has 13 heavy (non-hydrogen) atoms. The van der Waals surface area contributed by atoms with Gasteiger partial charge in [0, 0.05) is 27.1 Å². The first-order chi connectivity index (χ1) is 6.13. The maximum Gasteiger partial charge on any atom is 0.326 e. The number of nitrogens with zero attached hydrogens (tertiary/aromatic N) is 2. The molecular weight excluding hydrogens is 172 g/mol. The van der Waals surface area contributed by atoms with Crippen molar-refractivity contribution in [2.45, 2.75) is 6.92 Å². The number of amides is 3. The highest BCUT2D eigenvalue weighted by Gasteiger charge is 2.21. The number of urea groups is 1. The predicted molar refractivity (Wildman–Crippen MR) is 46.2 cm³/mol. The minimum Gasteiger partial charge on any atom is -0.378 e. The van der Waals surface area contributed by atoms with Crippen LogP contribution in [-0.2, 0) is 9.53 Å². The smallest absolute Gasteiger partial charge is 0.326 e. The van der Waals surface area contributed by atoms with Gasteiger partial charge in [0.15, 0.2) is 0 Å². The van der Waals surface area contributed by atoms with Crippen LogP contribution in [0, 0.1) is 0 Å². The minimum absolute atomic E-state index is 0.239. The molecule has 1 aliphatic heterocycles. The van der Waals surface area contributed by atoms with Gasteiger partial charge in [0.1, 0.15) is 0 Å². The number of rotatable bonds is 0. The van der Waals surface area contributed by atoms with E-state index in [4.69, 9.17) is 4.74 Å². The van der Waals surface area contributed by atoms with Crippen LogP contribution in [0.25, 0.3) is 0 Å². The summed E-state index contributed by atoms with van der Waals surface area (Å²) in [6.07, 6.45) is 0. The average Bonchev–Trinajstić information content (AvgIpc) is 2.17. The van der Waals surface area contributed by atoms with Crippen LogP contribution in [0.2, 0.25) is 0 Å². The van der Waals surface area contributed by atoms with Crippen molar-refractivity contribution in [3.63, 3.8) is 0 Å². The molecule has 0 bridgehead atoms. The summed E-state index contributed by atoms with van der Waals surface area (Å²) >= 11 is 0. The van der Waals surface area contributed by atoms with Gasteiger partial charge in [-0.05, 0) is 0 Å². The summed E-state index contributed by atoms with van der Waals surface area (Å²) in [5.74, 6) is -0.239. The zero-order valence-corrected chi connectivity index (χ0v) is 7.95. The summed E-state index contributed by atoms with van der Waals surface area (Å²) in [4.78, 5) is 25.1. The Morgan fingerprint density at radius 2 is 1.85 bits per heavy atom. The Kier molecular flexibility index (Phi) is 3.25. The first-order valence-corrected chi connectivity index (χ1v) is 4.24. The summed E-state index contributed by atoms with van der Waals surface area (Å²) < 4.78 is 5.09. The van der Waals surface area contributed by atoms with Crippen molar-refractivity contribution >= 4 is 11.9 Å². The fourth-order valence-electron chi connectivity index (χ4n) is 1.10. The van der Waals surface area contributed by atoms with Gasteiger partial charge in [-0.25, -0.2) is 4.79 Å². The molecule has 0 aromatic rings. The lowest BCUT2D eigenvalue weighted by atomic mass is 10.4. The molecule has 0 saturated carbocycles. The van der Waals surface area contributed by atoms with Crippen LogP contribution in [0.1, 0.15) is 6.92 Å². The van der Waals surface area contributed by atoms with Gasteiger partial charge in [-0.2, -0.15) is 0 Å². The van der Waals surface area contributed by atoms with Gasteiger partial charge >= 0.3 is 6.03 Å². The van der Waals surface area contributed by atoms with Gasteiger partial charge in [-0.15, -0.1) is 0 Å². The largest absolute Gasteiger partial charge is 0.378 e. The molecular formula is C8H14N2O3. The summed E-state index contributed by atoms with van der Waals surface area (Å²) in [5, 5.41) is 0. The molecule has 0 spiro atoms. The van der Waals surface area contributed by atoms with Crippen molar-refractivity contribution in [3.8, 4) is 0 Å². The molecule has 1 saturated heterocycles. The zero-order chi connectivity index (χ0) is 9.84. The van der Waals surface area contributed by atoms with Gasteiger partial charge in [0.05, 0.1) is 13.2 Å². The van der Waals surface area contributed by atoms with E-state index >= 15 is 0 Å². The molecule has 5 nitrogen and oxygen atoms in total. The number of ether oxygens (including phenoxy) is 1. The fraction of sp³-hybridized carbons (Fsp3) is 0.750. The standard InChI is InChI=1S/C8H14N2O3/c1-7(11)9(2)8(12)10-3-5-13-6-4-10/h3-6H2,1-2H3. The summed E-state index contributed by atoms with van der Waals surface area (Å²) in [6.45, 7) is 3.61. The third-order valence-corrected chi connectivity index (χ3v) is 2.04. The highest BCUT2D eigenvalue weighted by atomic mass is 16.5. The normalized spacial score (nSPS) is 16.9. The molecule has 0 radical (unpaired) electrons. The van der Waals surface area contributed by atoms with Gasteiger partial charge in [0.25, 0.3) is 0 Å². The van der Waals surface area contributed by atoms with E-state index in [1.165, 1.54) is 14.0 Å². The quantitative estimate of drug-likeness (QED) is 0.531. The molecule has 0 aliphatic carbocycles. The van der Waals surface area contributed by atoms with Gasteiger partial charge in [-0.3, -0.25) is 9.69 Å². The van der Waals surface area contributed by atoms with E-state index in [0.717, 1.165) is 4.90 Å². The third kappa shape index (κ3) is 2.42. The Labute approximate surface area is 77.2 Å².